The van der Waals surface area contributed by atoms with E-state index in [1.54, 1.807) is 26.2 Å². The van der Waals surface area contributed by atoms with E-state index in [0.29, 0.717) is 18.9 Å². The first-order chi connectivity index (χ1) is 9.54. The van der Waals surface area contributed by atoms with Gasteiger partial charge in [0.15, 0.2) is 6.61 Å². The lowest BCUT2D eigenvalue weighted by Crippen LogP contribution is -2.30. The van der Waals surface area contributed by atoms with Gasteiger partial charge in [-0.3, -0.25) is 4.79 Å². The Labute approximate surface area is 119 Å². The SMILES string of the molecule is COCCCNC(=O)COc1ccc([C@H](C)O)cc1C. The molecule has 0 radical (unpaired) electrons. The summed E-state index contributed by atoms with van der Waals surface area (Å²) in [5.41, 5.74) is 1.73. The minimum Gasteiger partial charge on any atom is -0.484 e. The van der Waals surface area contributed by atoms with E-state index in [-0.39, 0.29) is 12.5 Å². The second-order valence-electron chi connectivity index (χ2n) is 4.69. The highest BCUT2D eigenvalue weighted by molar-refractivity contribution is 5.77. The molecule has 1 rings (SSSR count). The van der Waals surface area contributed by atoms with Crippen molar-refractivity contribution >= 4 is 5.91 Å². The summed E-state index contributed by atoms with van der Waals surface area (Å²) in [7, 11) is 1.63. The molecule has 0 aliphatic carbocycles. The van der Waals surface area contributed by atoms with Crippen molar-refractivity contribution in [1.29, 1.82) is 0 Å². The molecule has 1 amide bonds. The van der Waals surface area contributed by atoms with Crippen molar-refractivity contribution in [3.8, 4) is 5.75 Å². The Bertz CT molecular complexity index is 432. The summed E-state index contributed by atoms with van der Waals surface area (Å²) in [6.45, 7) is 4.79. The largest absolute Gasteiger partial charge is 0.484 e. The van der Waals surface area contributed by atoms with Gasteiger partial charge in [0.1, 0.15) is 5.75 Å². The number of hydrogen-bond acceptors (Lipinski definition) is 4. The lowest BCUT2D eigenvalue weighted by atomic mass is 10.1. The van der Waals surface area contributed by atoms with Crippen molar-refractivity contribution in [2.45, 2.75) is 26.4 Å². The molecular weight excluding hydrogens is 258 g/mol. The van der Waals surface area contributed by atoms with E-state index in [1.165, 1.54) is 0 Å². The van der Waals surface area contributed by atoms with Crippen LogP contribution < -0.4 is 10.1 Å². The van der Waals surface area contributed by atoms with E-state index in [2.05, 4.69) is 5.32 Å². The summed E-state index contributed by atoms with van der Waals surface area (Å²) in [6, 6.07) is 5.43. The summed E-state index contributed by atoms with van der Waals surface area (Å²) >= 11 is 0. The number of aliphatic hydroxyl groups excluding tert-OH is 1. The Morgan fingerprint density at radius 1 is 1.45 bits per heavy atom. The maximum absolute atomic E-state index is 11.5. The van der Waals surface area contributed by atoms with Crippen molar-refractivity contribution in [3.05, 3.63) is 29.3 Å². The van der Waals surface area contributed by atoms with Crippen LogP contribution in [-0.4, -0.2) is 37.9 Å². The Balaban J connectivity index is 2.39. The van der Waals surface area contributed by atoms with E-state index in [1.807, 2.05) is 13.0 Å². The van der Waals surface area contributed by atoms with Gasteiger partial charge in [-0.15, -0.1) is 0 Å². The summed E-state index contributed by atoms with van der Waals surface area (Å²) in [5.74, 6) is 0.501. The molecule has 0 saturated heterocycles. The Morgan fingerprint density at radius 3 is 2.80 bits per heavy atom. The van der Waals surface area contributed by atoms with Gasteiger partial charge in [-0.2, -0.15) is 0 Å². The monoisotopic (exact) mass is 281 g/mol. The van der Waals surface area contributed by atoms with E-state index >= 15 is 0 Å². The molecule has 112 valence electrons. The van der Waals surface area contributed by atoms with Crippen LogP contribution in [-0.2, 0) is 9.53 Å². The highest BCUT2D eigenvalue weighted by Gasteiger charge is 2.07. The third-order valence-corrected chi connectivity index (χ3v) is 2.89. The summed E-state index contributed by atoms with van der Waals surface area (Å²) in [4.78, 5) is 11.5. The molecule has 0 saturated carbocycles. The van der Waals surface area contributed by atoms with E-state index in [4.69, 9.17) is 9.47 Å². The molecule has 0 aliphatic rings. The van der Waals surface area contributed by atoms with Crippen LogP contribution in [0.2, 0.25) is 0 Å². The molecule has 5 heteroatoms. The third-order valence-electron chi connectivity index (χ3n) is 2.89. The minimum absolute atomic E-state index is 0.0121. The molecule has 2 N–H and O–H groups in total. The smallest absolute Gasteiger partial charge is 0.257 e. The number of amides is 1. The Kier molecular flexibility index (Phi) is 7.04. The predicted octanol–water partition coefficient (Wildman–Crippen LogP) is 1.58. The predicted molar refractivity (Wildman–Crippen MR) is 76.8 cm³/mol. The number of carbonyl (C=O) groups excluding carboxylic acids is 1. The molecule has 0 fully saturated rings. The van der Waals surface area contributed by atoms with Crippen LogP contribution >= 0.6 is 0 Å². The maximum Gasteiger partial charge on any atom is 0.257 e. The number of nitrogens with one attached hydrogen (secondary N) is 1. The van der Waals surface area contributed by atoms with Crippen molar-refractivity contribution in [1.82, 2.24) is 5.32 Å². The normalized spacial score (nSPS) is 12.0. The standard InChI is InChI=1S/C15H23NO4/c1-11-9-13(12(2)17)5-6-14(11)20-10-15(18)16-7-4-8-19-3/h5-6,9,12,17H,4,7-8,10H2,1-3H3,(H,16,18)/t12-/m0/s1. The molecule has 0 aromatic heterocycles. The van der Waals surface area contributed by atoms with Crippen molar-refractivity contribution in [2.75, 3.05) is 26.9 Å². The molecule has 0 heterocycles. The fourth-order valence-electron chi connectivity index (χ4n) is 1.73. The van der Waals surface area contributed by atoms with E-state index in [9.17, 15) is 9.90 Å². The zero-order valence-corrected chi connectivity index (χ0v) is 12.3. The van der Waals surface area contributed by atoms with Crippen LogP contribution in [0.5, 0.6) is 5.75 Å². The molecule has 0 unspecified atom stereocenters. The van der Waals surface area contributed by atoms with Gasteiger partial charge in [0.05, 0.1) is 6.10 Å². The van der Waals surface area contributed by atoms with Gasteiger partial charge in [0.2, 0.25) is 0 Å². The average molecular weight is 281 g/mol. The number of carbonyl (C=O) groups is 1. The number of benzene rings is 1. The van der Waals surface area contributed by atoms with E-state index in [0.717, 1.165) is 17.5 Å². The molecule has 1 aromatic carbocycles. The maximum atomic E-state index is 11.5. The molecule has 20 heavy (non-hydrogen) atoms. The number of hydrogen-bond donors (Lipinski definition) is 2. The Hall–Kier alpha value is -1.59. The van der Waals surface area contributed by atoms with Crippen LogP contribution in [0.3, 0.4) is 0 Å². The number of aryl methyl sites for hydroxylation is 1. The van der Waals surface area contributed by atoms with Crippen molar-refractivity contribution < 1.29 is 19.4 Å². The molecule has 5 nitrogen and oxygen atoms in total. The van der Waals surface area contributed by atoms with Crippen LogP contribution in [0.25, 0.3) is 0 Å². The zero-order chi connectivity index (χ0) is 15.0. The molecule has 0 aliphatic heterocycles. The molecule has 0 bridgehead atoms. The lowest BCUT2D eigenvalue weighted by molar-refractivity contribution is -0.123. The van der Waals surface area contributed by atoms with Crippen LogP contribution in [0.15, 0.2) is 18.2 Å². The highest BCUT2D eigenvalue weighted by Crippen LogP contribution is 2.22. The topological polar surface area (TPSA) is 67.8 Å². The van der Waals surface area contributed by atoms with Gasteiger partial charge in [-0.05, 0) is 43.5 Å². The first-order valence-electron chi connectivity index (χ1n) is 6.71. The lowest BCUT2D eigenvalue weighted by Gasteiger charge is -2.12. The third kappa shape index (κ3) is 5.59. The van der Waals surface area contributed by atoms with Crippen LogP contribution in [0.1, 0.15) is 30.6 Å². The van der Waals surface area contributed by atoms with Gasteiger partial charge in [0.25, 0.3) is 5.91 Å². The zero-order valence-electron chi connectivity index (χ0n) is 12.3. The fourth-order valence-corrected chi connectivity index (χ4v) is 1.73. The summed E-state index contributed by atoms with van der Waals surface area (Å²) < 4.78 is 10.4. The first-order valence-corrected chi connectivity index (χ1v) is 6.71. The number of ether oxygens (including phenoxy) is 2. The van der Waals surface area contributed by atoms with Gasteiger partial charge >= 0.3 is 0 Å². The second kappa shape index (κ2) is 8.55. The molecule has 0 spiro atoms. The van der Waals surface area contributed by atoms with Gasteiger partial charge in [-0.25, -0.2) is 0 Å². The van der Waals surface area contributed by atoms with Crippen LogP contribution in [0, 0.1) is 6.92 Å². The van der Waals surface area contributed by atoms with Gasteiger partial charge in [-0.1, -0.05) is 6.07 Å². The summed E-state index contributed by atoms with van der Waals surface area (Å²) in [6.07, 6.45) is 0.275. The van der Waals surface area contributed by atoms with Crippen molar-refractivity contribution in [3.63, 3.8) is 0 Å². The van der Waals surface area contributed by atoms with Gasteiger partial charge in [0, 0.05) is 20.3 Å². The quantitative estimate of drug-likeness (QED) is 0.710. The fraction of sp³-hybridized carbons (Fsp3) is 0.533. The number of aliphatic hydroxyl groups is 1. The highest BCUT2D eigenvalue weighted by atomic mass is 16.5. The molecular formula is C15H23NO4. The minimum atomic E-state index is -0.508. The Morgan fingerprint density at radius 2 is 2.20 bits per heavy atom. The van der Waals surface area contributed by atoms with Gasteiger partial charge < -0.3 is 19.9 Å². The molecule has 1 aromatic rings. The van der Waals surface area contributed by atoms with Crippen molar-refractivity contribution in [2.24, 2.45) is 0 Å². The number of methoxy groups -OCH3 is 1. The summed E-state index contributed by atoms with van der Waals surface area (Å²) in [5, 5.41) is 12.2. The van der Waals surface area contributed by atoms with Crippen LogP contribution in [0.4, 0.5) is 0 Å². The second-order valence-corrected chi connectivity index (χ2v) is 4.69. The average Bonchev–Trinajstić information content (AvgIpc) is 2.42. The number of rotatable bonds is 8. The molecule has 1 atom stereocenters. The van der Waals surface area contributed by atoms with E-state index < -0.39 is 6.10 Å². The first kappa shape index (κ1) is 16.5.